The minimum Gasteiger partial charge on any atom is -0.494 e. The molecular formula is C24H28N4O4. The zero-order valence-electron chi connectivity index (χ0n) is 18.0. The molecule has 2 aromatic rings. The number of aryl methyl sites for hydroxylation is 1. The second-order valence-electron chi connectivity index (χ2n) is 8.03. The van der Waals surface area contributed by atoms with Crippen molar-refractivity contribution in [3.63, 3.8) is 0 Å². The maximum absolute atomic E-state index is 12.1. The fourth-order valence-electron chi connectivity index (χ4n) is 3.84. The summed E-state index contributed by atoms with van der Waals surface area (Å²) in [5, 5.41) is 8.61. The van der Waals surface area contributed by atoms with Crippen LogP contribution in [0.1, 0.15) is 30.4 Å². The first kappa shape index (κ1) is 21.7. The van der Waals surface area contributed by atoms with Crippen LogP contribution in [0.25, 0.3) is 0 Å². The van der Waals surface area contributed by atoms with Gasteiger partial charge in [-0.05, 0) is 54.3 Å². The van der Waals surface area contributed by atoms with E-state index in [-0.39, 0.29) is 17.7 Å². The Labute approximate surface area is 187 Å². The third kappa shape index (κ3) is 5.78. The Bertz CT molecular complexity index is 990. The molecule has 8 heteroatoms. The molecule has 2 aliphatic heterocycles. The highest BCUT2D eigenvalue weighted by atomic mass is 16.5. The third-order valence-corrected chi connectivity index (χ3v) is 5.62. The molecule has 1 fully saturated rings. The lowest BCUT2D eigenvalue weighted by Crippen LogP contribution is -2.47. The Kier molecular flexibility index (Phi) is 6.89. The van der Waals surface area contributed by atoms with Gasteiger partial charge in [-0.25, -0.2) is 0 Å². The molecule has 0 bridgehead atoms. The monoisotopic (exact) mass is 436 g/mol. The van der Waals surface area contributed by atoms with Crippen LogP contribution in [0.4, 0.5) is 11.4 Å². The van der Waals surface area contributed by atoms with E-state index in [4.69, 9.17) is 4.74 Å². The fourth-order valence-corrected chi connectivity index (χ4v) is 3.84. The van der Waals surface area contributed by atoms with Crippen LogP contribution in [0.2, 0.25) is 0 Å². The van der Waals surface area contributed by atoms with Gasteiger partial charge in [-0.2, -0.15) is 0 Å². The van der Waals surface area contributed by atoms with Crippen molar-refractivity contribution in [3.8, 4) is 5.75 Å². The lowest BCUT2D eigenvalue weighted by Gasteiger charge is -2.28. The van der Waals surface area contributed by atoms with Gasteiger partial charge in [0.2, 0.25) is 17.7 Å². The molecule has 0 aliphatic carbocycles. The van der Waals surface area contributed by atoms with Crippen molar-refractivity contribution in [1.82, 2.24) is 10.6 Å². The molecule has 0 aromatic heterocycles. The second-order valence-corrected chi connectivity index (χ2v) is 8.03. The molecule has 0 unspecified atom stereocenters. The van der Waals surface area contributed by atoms with Crippen LogP contribution in [-0.2, 0) is 27.3 Å². The number of ether oxygens (including phenoxy) is 1. The second kappa shape index (κ2) is 10.2. The van der Waals surface area contributed by atoms with Crippen LogP contribution >= 0.6 is 0 Å². The van der Waals surface area contributed by atoms with Gasteiger partial charge in [-0.15, -0.1) is 0 Å². The first-order chi connectivity index (χ1) is 15.6. The summed E-state index contributed by atoms with van der Waals surface area (Å²) >= 11 is 0. The average Bonchev–Trinajstić information content (AvgIpc) is 2.81. The largest absolute Gasteiger partial charge is 0.494 e. The van der Waals surface area contributed by atoms with Crippen molar-refractivity contribution in [2.45, 2.75) is 32.2 Å². The fraction of sp³-hybridized carbons (Fsp3) is 0.375. The van der Waals surface area contributed by atoms with Crippen molar-refractivity contribution in [2.75, 3.05) is 36.5 Å². The average molecular weight is 437 g/mol. The topological polar surface area (TPSA) is 99.8 Å². The smallest absolute Gasteiger partial charge is 0.239 e. The maximum atomic E-state index is 12.1. The van der Waals surface area contributed by atoms with Gasteiger partial charge in [-0.3, -0.25) is 14.4 Å². The summed E-state index contributed by atoms with van der Waals surface area (Å²) in [4.78, 5) is 37.1. The predicted molar refractivity (Wildman–Crippen MR) is 122 cm³/mol. The molecule has 0 saturated carbocycles. The summed E-state index contributed by atoms with van der Waals surface area (Å²) in [6, 6.07) is 13.6. The summed E-state index contributed by atoms with van der Waals surface area (Å²) in [6.07, 6.45) is 2.22. The number of benzene rings is 2. The number of nitrogens with one attached hydrogen (secondary N) is 3. The molecule has 32 heavy (non-hydrogen) atoms. The van der Waals surface area contributed by atoms with Crippen LogP contribution in [0.3, 0.4) is 0 Å². The summed E-state index contributed by atoms with van der Waals surface area (Å²) in [5.41, 5.74) is 3.95. The Morgan fingerprint density at radius 1 is 1.06 bits per heavy atom. The third-order valence-electron chi connectivity index (χ3n) is 5.62. The Balaban J connectivity index is 1.15. The number of carbonyl (C=O) groups is 3. The van der Waals surface area contributed by atoms with E-state index in [0.29, 0.717) is 45.5 Å². The van der Waals surface area contributed by atoms with Crippen molar-refractivity contribution in [1.29, 1.82) is 0 Å². The standard InChI is InChI=1S/C24H28N4O4/c29-22(2-1-13-32-20-8-9-21-18(14-20)5-10-23(30)27-21)26-15-17-3-6-19(7-4-17)28-12-11-25-24(31)16-28/h3-4,6-9,14H,1-2,5,10-13,15-16H2,(H,25,31)(H,26,29)(H,27,30). The molecule has 2 aromatic carbocycles. The van der Waals surface area contributed by atoms with Crippen molar-refractivity contribution >= 4 is 29.1 Å². The van der Waals surface area contributed by atoms with Crippen molar-refractivity contribution in [3.05, 3.63) is 53.6 Å². The molecule has 0 radical (unpaired) electrons. The zero-order chi connectivity index (χ0) is 22.3. The van der Waals surface area contributed by atoms with Gasteiger partial charge in [0.25, 0.3) is 0 Å². The molecule has 168 valence electrons. The normalized spacial score (nSPS) is 15.4. The molecule has 4 rings (SSSR count). The first-order valence-electron chi connectivity index (χ1n) is 11.0. The maximum Gasteiger partial charge on any atom is 0.239 e. The van der Waals surface area contributed by atoms with Gasteiger partial charge >= 0.3 is 0 Å². The SMILES string of the molecule is O=C(CCCOc1ccc2c(c1)CCC(=O)N2)NCc1ccc(N2CCNC(=O)C2)cc1. The summed E-state index contributed by atoms with van der Waals surface area (Å²) < 4.78 is 5.76. The number of rotatable bonds is 8. The van der Waals surface area contributed by atoms with Gasteiger partial charge in [0.1, 0.15) is 5.75 Å². The molecule has 2 heterocycles. The summed E-state index contributed by atoms with van der Waals surface area (Å²) in [7, 11) is 0. The quantitative estimate of drug-likeness (QED) is 0.550. The number of anilines is 2. The lowest BCUT2D eigenvalue weighted by atomic mass is 10.0. The highest BCUT2D eigenvalue weighted by Crippen LogP contribution is 2.26. The van der Waals surface area contributed by atoms with E-state index in [2.05, 4.69) is 16.0 Å². The van der Waals surface area contributed by atoms with Gasteiger partial charge in [-0.1, -0.05) is 12.1 Å². The lowest BCUT2D eigenvalue weighted by molar-refractivity contribution is -0.121. The van der Waals surface area contributed by atoms with Gasteiger partial charge in [0, 0.05) is 43.9 Å². The molecule has 8 nitrogen and oxygen atoms in total. The summed E-state index contributed by atoms with van der Waals surface area (Å²) in [6.45, 7) is 2.75. The molecule has 0 atom stereocenters. The minimum absolute atomic E-state index is 0.0152. The van der Waals surface area contributed by atoms with E-state index in [9.17, 15) is 14.4 Å². The first-order valence-corrected chi connectivity index (χ1v) is 11.0. The Hall–Kier alpha value is -3.55. The van der Waals surface area contributed by atoms with Crippen LogP contribution in [0.5, 0.6) is 5.75 Å². The number of fused-ring (bicyclic) bond motifs is 1. The van der Waals surface area contributed by atoms with Crippen molar-refractivity contribution < 1.29 is 19.1 Å². The molecule has 2 aliphatic rings. The van der Waals surface area contributed by atoms with Crippen LogP contribution in [0.15, 0.2) is 42.5 Å². The molecule has 0 spiro atoms. The molecule has 3 N–H and O–H groups in total. The zero-order valence-corrected chi connectivity index (χ0v) is 18.0. The van der Waals surface area contributed by atoms with E-state index in [1.54, 1.807) is 0 Å². The molecule has 1 saturated heterocycles. The molecule has 3 amide bonds. The van der Waals surface area contributed by atoms with E-state index < -0.39 is 0 Å². The highest BCUT2D eigenvalue weighted by molar-refractivity contribution is 5.94. The summed E-state index contributed by atoms with van der Waals surface area (Å²) in [5.74, 6) is 0.825. The number of hydrogen-bond acceptors (Lipinski definition) is 5. The van der Waals surface area contributed by atoms with Gasteiger partial charge in [0.05, 0.1) is 13.2 Å². The predicted octanol–water partition coefficient (Wildman–Crippen LogP) is 1.98. The van der Waals surface area contributed by atoms with Crippen LogP contribution in [0, 0.1) is 0 Å². The van der Waals surface area contributed by atoms with E-state index >= 15 is 0 Å². The number of carbonyl (C=O) groups excluding carboxylic acids is 3. The van der Waals surface area contributed by atoms with Gasteiger partial charge in [0.15, 0.2) is 0 Å². The Morgan fingerprint density at radius 2 is 1.91 bits per heavy atom. The van der Waals surface area contributed by atoms with E-state index in [0.717, 1.165) is 41.2 Å². The Morgan fingerprint density at radius 3 is 2.72 bits per heavy atom. The number of piperazine rings is 1. The van der Waals surface area contributed by atoms with E-state index in [1.165, 1.54) is 0 Å². The van der Waals surface area contributed by atoms with Crippen LogP contribution in [-0.4, -0.2) is 44.0 Å². The number of nitrogens with zero attached hydrogens (tertiary/aromatic N) is 1. The van der Waals surface area contributed by atoms with E-state index in [1.807, 2.05) is 47.4 Å². The molecular weight excluding hydrogens is 408 g/mol. The van der Waals surface area contributed by atoms with Crippen molar-refractivity contribution in [2.24, 2.45) is 0 Å². The van der Waals surface area contributed by atoms with Gasteiger partial charge < -0.3 is 25.6 Å². The number of hydrogen-bond donors (Lipinski definition) is 3. The minimum atomic E-state index is -0.0152. The highest BCUT2D eigenvalue weighted by Gasteiger charge is 2.16. The number of amides is 3. The van der Waals surface area contributed by atoms with Crippen LogP contribution < -0.4 is 25.6 Å².